The summed E-state index contributed by atoms with van der Waals surface area (Å²) in [5, 5.41) is 7.87. The predicted molar refractivity (Wildman–Crippen MR) is 53.5 cm³/mol. The van der Waals surface area contributed by atoms with Crippen molar-refractivity contribution >= 4 is 0 Å². The molecule has 5 heteroatoms. The number of hydrogen-bond donors (Lipinski definition) is 0. The molecular formula is C10H13N3O2. The van der Waals surface area contributed by atoms with Gasteiger partial charge in [0, 0.05) is 12.6 Å². The van der Waals surface area contributed by atoms with Crippen LogP contribution in [0, 0.1) is 6.92 Å². The van der Waals surface area contributed by atoms with E-state index in [0.717, 1.165) is 23.7 Å². The summed E-state index contributed by atoms with van der Waals surface area (Å²) >= 11 is 0. The van der Waals surface area contributed by atoms with Crippen LogP contribution in [0.25, 0.3) is 0 Å². The third kappa shape index (κ3) is 2.37. The first-order chi connectivity index (χ1) is 7.28. The van der Waals surface area contributed by atoms with Gasteiger partial charge in [0.2, 0.25) is 0 Å². The third-order valence-electron chi connectivity index (χ3n) is 1.99. The minimum absolute atomic E-state index is 0.385. The summed E-state index contributed by atoms with van der Waals surface area (Å²) in [6.45, 7) is 5.12. The number of aromatic nitrogens is 3. The monoisotopic (exact) mass is 207 g/mol. The van der Waals surface area contributed by atoms with E-state index >= 15 is 0 Å². The first-order valence-electron chi connectivity index (χ1n) is 4.85. The van der Waals surface area contributed by atoms with Gasteiger partial charge in [0.1, 0.15) is 6.61 Å². The highest BCUT2D eigenvalue weighted by Gasteiger charge is 2.03. The fraction of sp³-hybridized carbons (Fsp3) is 0.400. The Bertz CT molecular complexity index is 433. The van der Waals surface area contributed by atoms with Crippen molar-refractivity contribution < 1.29 is 9.26 Å². The van der Waals surface area contributed by atoms with Crippen molar-refractivity contribution in [1.82, 2.24) is 14.9 Å². The lowest BCUT2D eigenvalue weighted by Crippen LogP contribution is -1.94. The van der Waals surface area contributed by atoms with E-state index in [2.05, 4.69) is 10.3 Å². The molecule has 0 aliphatic rings. The van der Waals surface area contributed by atoms with Crippen LogP contribution in [0.15, 0.2) is 23.0 Å². The van der Waals surface area contributed by atoms with Crippen LogP contribution in [0.2, 0.25) is 0 Å². The van der Waals surface area contributed by atoms with E-state index in [1.54, 1.807) is 10.9 Å². The van der Waals surface area contributed by atoms with Gasteiger partial charge in [0.05, 0.1) is 18.1 Å². The van der Waals surface area contributed by atoms with Crippen LogP contribution in [0.3, 0.4) is 0 Å². The number of rotatable bonds is 4. The quantitative estimate of drug-likeness (QED) is 0.766. The minimum Gasteiger partial charge on any atom is -0.482 e. The van der Waals surface area contributed by atoms with E-state index in [-0.39, 0.29) is 0 Å². The molecule has 0 aliphatic carbocycles. The van der Waals surface area contributed by atoms with Crippen molar-refractivity contribution in [3.63, 3.8) is 0 Å². The zero-order valence-electron chi connectivity index (χ0n) is 8.80. The van der Waals surface area contributed by atoms with E-state index in [9.17, 15) is 0 Å². The summed E-state index contributed by atoms with van der Waals surface area (Å²) in [6, 6.07) is 1.85. The fourth-order valence-corrected chi connectivity index (χ4v) is 1.23. The zero-order valence-corrected chi connectivity index (χ0v) is 8.80. The second-order valence-electron chi connectivity index (χ2n) is 3.26. The van der Waals surface area contributed by atoms with Crippen LogP contribution in [0.5, 0.6) is 5.75 Å². The van der Waals surface area contributed by atoms with Crippen LogP contribution >= 0.6 is 0 Å². The first-order valence-corrected chi connectivity index (χ1v) is 4.85. The Kier molecular flexibility index (Phi) is 2.71. The molecule has 0 atom stereocenters. The van der Waals surface area contributed by atoms with Gasteiger partial charge in [-0.3, -0.25) is 4.68 Å². The van der Waals surface area contributed by atoms with E-state index in [1.165, 1.54) is 0 Å². The van der Waals surface area contributed by atoms with Crippen molar-refractivity contribution in [3.05, 3.63) is 29.9 Å². The van der Waals surface area contributed by atoms with Gasteiger partial charge in [-0.15, -0.1) is 0 Å². The Hall–Kier alpha value is -1.78. The maximum Gasteiger partial charge on any atom is 0.174 e. The van der Waals surface area contributed by atoms with E-state index in [1.807, 2.05) is 26.1 Å². The highest BCUT2D eigenvalue weighted by Crippen LogP contribution is 2.11. The molecule has 2 heterocycles. The summed E-state index contributed by atoms with van der Waals surface area (Å²) < 4.78 is 12.3. The van der Waals surface area contributed by atoms with Crippen LogP contribution in [-0.4, -0.2) is 14.9 Å². The molecule has 5 nitrogen and oxygen atoms in total. The number of nitrogens with zero attached hydrogens (tertiary/aromatic N) is 3. The highest BCUT2D eigenvalue weighted by molar-refractivity contribution is 5.12. The molecule has 0 unspecified atom stereocenters. The summed E-state index contributed by atoms with van der Waals surface area (Å²) in [7, 11) is 0. The Morgan fingerprint density at radius 2 is 2.40 bits per heavy atom. The molecule has 0 bridgehead atoms. The lowest BCUT2D eigenvalue weighted by atomic mass is 10.4. The standard InChI is InChI=1S/C10H13N3O2/c1-3-13-6-10(5-11-13)14-7-9-4-8(2)12-15-9/h4-6H,3,7H2,1-2H3. The van der Waals surface area contributed by atoms with E-state index in [0.29, 0.717) is 6.61 Å². The van der Waals surface area contributed by atoms with Crippen LogP contribution in [-0.2, 0) is 13.2 Å². The third-order valence-corrected chi connectivity index (χ3v) is 1.99. The average molecular weight is 207 g/mol. The Morgan fingerprint density at radius 1 is 1.53 bits per heavy atom. The summed E-state index contributed by atoms with van der Waals surface area (Å²) in [6.07, 6.45) is 3.54. The molecule has 0 radical (unpaired) electrons. The Balaban J connectivity index is 1.93. The Morgan fingerprint density at radius 3 is 3.00 bits per heavy atom. The lowest BCUT2D eigenvalue weighted by molar-refractivity contribution is 0.248. The van der Waals surface area contributed by atoms with Crippen molar-refractivity contribution in [2.24, 2.45) is 0 Å². The molecule has 0 aliphatic heterocycles. The first kappa shape index (κ1) is 9.76. The number of hydrogen-bond acceptors (Lipinski definition) is 4. The summed E-state index contributed by atoms with van der Waals surface area (Å²) in [4.78, 5) is 0. The minimum atomic E-state index is 0.385. The molecule has 2 aromatic heterocycles. The zero-order chi connectivity index (χ0) is 10.7. The number of ether oxygens (including phenoxy) is 1. The SMILES string of the molecule is CCn1cc(OCc2cc(C)no2)cn1. The van der Waals surface area contributed by atoms with Crippen molar-refractivity contribution in [2.45, 2.75) is 27.0 Å². The predicted octanol–water partition coefficient (Wildman–Crippen LogP) is 1.78. The maximum absolute atomic E-state index is 5.47. The lowest BCUT2D eigenvalue weighted by Gasteiger charge is -1.98. The smallest absolute Gasteiger partial charge is 0.174 e. The average Bonchev–Trinajstić information content (AvgIpc) is 2.83. The van der Waals surface area contributed by atoms with Gasteiger partial charge in [-0.05, 0) is 13.8 Å². The molecule has 2 aromatic rings. The summed E-state index contributed by atoms with van der Waals surface area (Å²) in [5.74, 6) is 1.46. The maximum atomic E-state index is 5.47. The normalized spacial score (nSPS) is 10.5. The second kappa shape index (κ2) is 4.16. The van der Waals surface area contributed by atoms with Crippen molar-refractivity contribution in [1.29, 1.82) is 0 Å². The second-order valence-corrected chi connectivity index (χ2v) is 3.26. The molecule has 0 spiro atoms. The van der Waals surface area contributed by atoms with E-state index in [4.69, 9.17) is 9.26 Å². The molecule has 2 rings (SSSR count). The topological polar surface area (TPSA) is 53.1 Å². The van der Waals surface area contributed by atoms with Crippen LogP contribution in [0.4, 0.5) is 0 Å². The van der Waals surface area contributed by atoms with Crippen LogP contribution < -0.4 is 4.74 Å². The van der Waals surface area contributed by atoms with Crippen LogP contribution in [0.1, 0.15) is 18.4 Å². The Labute approximate surface area is 87.6 Å². The molecular weight excluding hydrogens is 194 g/mol. The van der Waals surface area contributed by atoms with Gasteiger partial charge in [0.25, 0.3) is 0 Å². The molecule has 15 heavy (non-hydrogen) atoms. The molecule has 0 fully saturated rings. The molecule has 0 aromatic carbocycles. The summed E-state index contributed by atoms with van der Waals surface area (Å²) in [5.41, 5.74) is 0.859. The van der Waals surface area contributed by atoms with E-state index < -0.39 is 0 Å². The van der Waals surface area contributed by atoms with Gasteiger partial charge in [-0.25, -0.2) is 0 Å². The highest BCUT2D eigenvalue weighted by atomic mass is 16.5. The van der Waals surface area contributed by atoms with Crippen molar-refractivity contribution in [3.8, 4) is 5.75 Å². The van der Waals surface area contributed by atoms with Gasteiger partial charge >= 0.3 is 0 Å². The largest absolute Gasteiger partial charge is 0.482 e. The van der Waals surface area contributed by atoms with Crippen molar-refractivity contribution in [2.75, 3.05) is 0 Å². The van der Waals surface area contributed by atoms with Gasteiger partial charge in [0.15, 0.2) is 11.5 Å². The molecule has 0 saturated heterocycles. The molecule has 0 N–H and O–H groups in total. The van der Waals surface area contributed by atoms with Gasteiger partial charge in [-0.1, -0.05) is 5.16 Å². The van der Waals surface area contributed by atoms with Gasteiger partial charge in [-0.2, -0.15) is 5.10 Å². The number of aryl methyl sites for hydroxylation is 2. The molecule has 0 saturated carbocycles. The molecule has 0 amide bonds. The molecule has 80 valence electrons. The van der Waals surface area contributed by atoms with Gasteiger partial charge < -0.3 is 9.26 Å². The fourth-order valence-electron chi connectivity index (χ4n) is 1.23.